The summed E-state index contributed by atoms with van der Waals surface area (Å²) in [4.78, 5) is 12.8. The number of rotatable bonds is 3. The van der Waals surface area contributed by atoms with Crippen LogP contribution >= 0.6 is 11.3 Å². The van der Waals surface area contributed by atoms with Crippen molar-refractivity contribution in [1.29, 1.82) is 0 Å². The highest BCUT2D eigenvalue weighted by molar-refractivity contribution is 7.13. The highest BCUT2D eigenvalue weighted by Crippen LogP contribution is 2.25. The molecule has 0 fully saturated rings. The smallest absolute Gasteiger partial charge is 0.107 e. The van der Waals surface area contributed by atoms with E-state index in [4.69, 9.17) is 5.73 Å². The lowest BCUT2D eigenvalue weighted by molar-refractivity contribution is 0.895. The Morgan fingerprint density at radius 3 is 3.00 bits per heavy atom. The largest absolute Gasteiger partial charge is 0.341 e. The minimum Gasteiger partial charge on any atom is -0.341 e. The third-order valence-electron chi connectivity index (χ3n) is 2.00. The number of hydrogen-bond donors (Lipinski definition) is 2. The molecule has 0 aliphatic rings. The summed E-state index contributed by atoms with van der Waals surface area (Å²) in [6, 6.07) is 0. The fraction of sp³-hybridized carbons (Fsp3) is 0.333. The Kier molecular flexibility index (Phi) is 2.60. The number of thiazole rings is 1. The van der Waals surface area contributed by atoms with Crippen LogP contribution in [0.3, 0.4) is 0 Å². The van der Waals surface area contributed by atoms with Crippen LogP contribution < -0.4 is 5.73 Å². The highest BCUT2D eigenvalue weighted by atomic mass is 32.1. The molecule has 0 aliphatic heterocycles. The van der Waals surface area contributed by atoms with Crippen LogP contribution in [-0.4, -0.2) is 21.5 Å². The van der Waals surface area contributed by atoms with Crippen molar-refractivity contribution in [2.75, 3.05) is 6.54 Å². The summed E-state index contributed by atoms with van der Waals surface area (Å²) in [5.74, 6) is 0.940. The van der Waals surface area contributed by atoms with Crippen molar-refractivity contribution >= 4 is 11.3 Å². The maximum Gasteiger partial charge on any atom is 0.107 e. The Bertz CT molecular complexity index is 418. The molecule has 3 N–H and O–H groups in total. The molecular formula is C9H12N4S. The van der Waals surface area contributed by atoms with Crippen LogP contribution in [0.4, 0.5) is 0 Å². The molecule has 5 heteroatoms. The number of aryl methyl sites for hydroxylation is 1. The molecule has 4 nitrogen and oxygen atoms in total. The van der Waals surface area contributed by atoms with Gasteiger partial charge in [-0.05, 0) is 13.5 Å². The molecule has 0 saturated carbocycles. The summed E-state index contributed by atoms with van der Waals surface area (Å²) in [6.07, 6.45) is 2.63. The first kappa shape index (κ1) is 9.36. The van der Waals surface area contributed by atoms with Crippen LogP contribution in [-0.2, 0) is 6.42 Å². The van der Waals surface area contributed by atoms with E-state index in [-0.39, 0.29) is 0 Å². The molecule has 0 radical (unpaired) electrons. The van der Waals surface area contributed by atoms with Crippen LogP contribution in [0.1, 0.15) is 11.5 Å². The lowest BCUT2D eigenvalue weighted by atomic mass is 10.3. The third kappa shape index (κ3) is 1.69. The van der Waals surface area contributed by atoms with Gasteiger partial charge in [-0.15, -0.1) is 11.3 Å². The zero-order valence-corrected chi connectivity index (χ0v) is 8.77. The Balaban J connectivity index is 2.29. The Morgan fingerprint density at radius 2 is 2.36 bits per heavy atom. The van der Waals surface area contributed by atoms with Crippen molar-refractivity contribution in [1.82, 2.24) is 15.0 Å². The molecule has 0 saturated heterocycles. The van der Waals surface area contributed by atoms with Crippen LogP contribution in [0, 0.1) is 6.92 Å². The van der Waals surface area contributed by atoms with Gasteiger partial charge in [0.25, 0.3) is 0 Å². The fourth-order valence-electron chi connectivity index (χ4n) is 1.30. The molecule has 2 aromatic rings. The summed E-state index contributed by atoms with van der Waals surface area (Å²) in [7, 11) is 0. The van der Waals surface area contributed by atoms with Gasteiger partial charge in [0, 0.05) is 6.42 Å². The molecule has 14 heavy (non-hydrogen) atoms. The highest BCUT2D eigenvalue weighted by Gasteiger charge is 2.07. The predicted octanol–water partition coefficient (Wildman–Crippen LogP) is 1.34. The molecular weight excluding hydrogens is 196 g/mol. The van der Waals surface area contributed by atoms with Crippen molar-refractivity contribution in [3.63, 3.8) is 0 Å². The molecule has 74 valence electrons. The van der Waals surface area contributed by atoms with Gasteiger partial charge in [0.15, 0.2) is 0 Å². The second-order valence-corrected chi connectivity index (χ2v) is 3.90. The van der Waals surface area contributed by atoms with E-state index in [9.17, 15) is 0 Å². The number of nitrogens with two attached hydrogens (primary N) is 1. The molecule has 0 spiro atoms. The van der Waals surface area contributed by atoms with Gasteiger partial charge in [-0.2, -0.15) is 0 Å². The minimum atomic E-state index is 0.620. The second-order valence-electron chi connectivity index (χ2n) is 3.05. The number of imidazole rings is 1. The molecule has 0 atom stereocenters. The summed E-state index contributed by atoms with van der Waals surface area (Å²) >= 11 is 1.62. The SMILES string of the molecule is Cc1ncsc1-c1cnc(CCN)[nH]1. The second kappa shape index (κ2) is 3.89. The first-order valence-corrected chi connectivity index (χ1v) is 5.33. The van der Waals surface area contributed by atoms with Crippen molar-refractivity contribution in [3.8, 4) is 10.6 Å². The Labute approximate surface area is 86.2 Å². The zero-order valence-electron chi connectivity index (χ0n) is 7.95. The number of aromatic amines is 1. The summed E-state index contributed by atoms with van der Waals surface area (Å²) < 4.78 is 0. The summed E-state index contributed by atoms with van der Waals surface area (Å²) in [5.41, 5.74) is 9.37. The lowest BCUT2D eigenvalue weighted by Crippen LogP contribution is -2.03. The van der Waals surface area contributed by atoms with Crippen molar-refractivity contribution in [2.45, 2.75) is 13.3 Å². The topological polar surface area (TPSA) is 67.6 Å². The summed E-state index contributed by atoms with van der Waals surface area (Å²) in [5, 5.41) is 0. The van der Waals surface area contributed by atoms with Gasteiger partial charge in [0.2, 0.25) is 0 Å². The van der Waals surface area contributed by atoms with Crippen molar-refractivity contribution < 1.29 is 0 Å². The van der Waals surface area contributed by atoms with Crippen LogP contribution in [0.25, 0.3) is 10.6 Å². The average molecular weight is 208 g/mol. The van der Waals surface area contributed by atoms with E-state index in [1.54, 1.807) is 11.3 Å². The van der Waals surface area contributed by atoms with Gasteiger partial charge in [0.1, 0.15) is 5.82 Å². The lowest BCUT2D eigenvalue weighted by Gasteiger charge is -1.93. The maximum absolute atomic E-state index is 5.45. The minimum absolute atomic E-state index is 0.620. The molecule has 0 aliphatic carbocycles. The van der Waals surface area contributed by atoms with E-state index in [1.165, 1.54) is 0 Å². The van der Waals surface area contributed by atoms with Gasteiger partial charge < -0.3 is 10.7 Å². The normalized spacial score (nSPS) is 10.7. The zero-order chi connectivity index (χ0) is 9.97. The molecule has 2 aromatic heterocycles. The fourth-order valence-corrected chi connectivity index (χ4v) is 2.07. The standard InChI is InChI=1S/C9H12N4S/c1-6-9(14-5-12-6)7-4-11-8(13-7)2-3-10/h4-5H,2-3,10H2,1H3,(H,11,13). The van der Waals surface area contributed by atoms with Crippen LogP contribution in [0.15, 0.2) is 11.7 Å². The first-order valence-electron chi connectivity index (χ1n) is 4.45. The Hall–Kier alpha value is -1.20. The number of nitrogens with zero attached hydrogens (tertiary/aromatic N) is 2. The third-order valence-corrected chi connectivity index (χ3v) is 2.96. The number of hydrogen-bond acceptors (Lipinski definition) is 4. The van der Waals surface area contributed by atoms with Gasteiger partial charge in [-0.3, -0.25) is 0 Å². The van der Waals surface area contributed by atoms with Crippen LogP contribution in [0.2, 0.25) is 0 Å². The van der Waals surface area contributed by atoms with E-state index >= 15 is 0 Å². The average Bonchev–Trinajstić information content (AvgIpc) is 2.74. The van der Waals surface area contributed by atoms with Gasteiger partial charge in [-0.25, -0.2) is 9.97 Å². The first-order chi connectivity index (χ1) is 6.81. The number of H-pyrrole nitrogens is 1. The van der Waals surface area contributed by atoms with E-state index in [1.807, 2.05) is 18.6 Å². The molecule has 0 aromatic carbocycles. The summed E-state index contributed by atoms with van der Waals surface area (Å²) in [6.45, 7) is 2.61. The predicted molar refractivity (Wildman–Crippen MR) is 57.2 cm³/mol. The van der Waals surface area contributed by atoms with E-state index < -0.39 is 0 Å². The van der Waals surface area contributed by atoms with E-state index in [0.29, 0.717) is 6.54 Å². The molecule has 0 amide bonds. The van der Waals surface area contributed by atoms with Gasteiger partial charge >= 0.3 is 0 Å². The maximum atomic E-state index is 5.45. The quantitative estimate of drug-likeness (QED) is 0.800. The van der Waals surface area contributed by atoms with E-state index in [2.05, 4.69) is 15.0 Å². The van der Waals surface area contributed by atoms with Gasteiger partial charge in [-0.1, -0.05) is 0 Å². The van der Waals surface area contributed by atoms with Crippen LogP contribution in [0.5, 0.6) is 0 Å². The molecule has 0 unspecified atom stereocenters. The molecule has 0 bridgehead atoms. The van der Waals surface area contributed by atoms with E-state index in [0.717, 1.165) is 28.5 Å². The monoisotopic (exact) mass is 208 g/mol. The molecule has 2 rings (SSSR count). The number of nitrogens with one attached hydrogen (secondary N) is 1. The van der Waals surface area contributed by atoms with Gasteiger partial charge in [0.05, 0.1) is 28.0 Å². The van der Waals surface area contributed by atoms with Crippen molar-refractivity contribution in [2.24, 2.45) is 5.73 Å². The van der Waals surface area contributed by atoms with Crippen molar-refractivity contribution in [3.05, 3.63) is 23.2 Å². The number of aromatic nitrogens is 3. The Morgan fingerprint density at radius 1 is 1.50 bits per heavy atom. The molecule has 2 heterocycles.